The molecule has 5 nitrogen and oxygen atoms in total. The molecule has 0 unspecified atom stereocenters. The fourth-order valence-corrected chi connectivity index (χ4v) is 4.24. The molecule has 0 aliphatic rings. The van der Waals surface area contributed by atoms with Crippen LogP contribution in [0.1, 0.15) is 38.5 Å². The lowest BCUT2D eigenvalue weighted by atomic mass is 10.1. The van der Waals surface area contributed by atoms with Crippen LogP contribution >= 0.6 is 11.8 Å². The van der Waals surface area contributed by atoms with E-state index in [2.05, 4.69) is 0 Å². The van der Waals surface area contributed by atoms with Gasteiger partial charge in [-0.25, -0.2) is 17.6 Å². The number of hydrogen-bond acceptors (Lipinski definition) is 5. The quantitative estimate of drug-likeness (QED) is 0.167. The molecule has 150 valence electrons. The first-order valence-corrected chi connectivity index (χ1v) is 10.2. The zero-order valence-corrected chi connectivity index (χ0v) is 15.4. The van der Waals surface area contributed by atoms with E-state index in [1.165, 1.54) is 0 Å². The molecule has 1 aromatic carbocycles. The van der Waals surface area contributed by atoms with Gasteiger partial charge >= 0.3 is 10.1 Å². The maximum Gasteiger partial charge on any atom is 0.300 e. The predicted octanol–water partition coefficient (Wildman–Crippen LogP) is 3.28. The van der Waals surface area contributed by atoms with Crippen molar-refractivity contribution in [3.8, 4) is 0 Å². The molecule has 0 saturated carbocycles. The number of unbranched alkanes of at least 4 members (excludes halogenated alkanes) is 2. The van der Waals surface area contributed by atoms with Crippen LogP contribution in [0.2, 0.25) is 0 Å². The molecule has 1 rings (SSSR count). The topological polar surface area (TPSA) is 94.8 Å². The zero-order valence-electron chi connectivity index (χ0n) is 13.7. The summed E-state index contributed by atoms with van der Waals surface area (Å²) in [5.74, 6) is -8.15. The van der Waals surface area contributed by atoms with Gasteiger partial charge in [0.1, 0.15) is 0 Å². The minimum Gasteiger partial charge on any atom is -0.396 e. The molecule has 1 aromatic rings. The second-order valence-corrected chi connectivity index (χ2v) is 8.24. The molecule has 0 aliphatic carbocycles. The molecule has 0 radical (unpaired) electrons. The van der Waals surface area contributed by atoms with Crippen molar-refractivity contribution in [2.45, 2.75) is 53.6 Å². The molecule has 11 heteroatoms. The Morgan fingerprint density at radius 3 is 1.58 bits per heavy atom. The first-order chi connectivity index (χ1) is 12.1. The Labute approximate surface area is 153 Å². The van der Waals surface area contributed by atoms with Crippen LogP contribution < -0.4 is 0 Å². The van der Waals surface area contributed by atoms with Gasteiger partial charge in [0.05, 0.1) is 4.90 Å². The summed E-state index contributed by atoms with van der Waals surface area (Å²) in [5, 5.41) is 17.2. The summed E-state index contributed by atoms with van der Waals surface area (Å²) in [6.45, 7) is -0.161. The van der Waals surface area contributed by atoms with E-state index in [0.717, 1.165) is 0 Å². The maximum atomic E-state index is 14.1. The third kappa shape index (κ3) is 6.08. The maximum absolute atomic E-state index is 14.1. The molecule has 0 atom stereocenters. The van der Waals surface area contributed by atoms with Crippen molar-refractivity contribution >= 4 is 21.9 Å². The van der Waals surface area contributed by atoms with Crippen molar-refractivity contribution in [2.24, 2.45) is 0 Å². The van der Waals surface area contributed by atoms with Crippen molar-refractivity contribution in [1.29, 1.82) is 0 Å². The third-order valence-electron chi connectivity index (χ3n) is 3.59. The van der Waals surface area contributed by atoms with Crippen molar-refractivity contribution in [2.75, 3.05) is 13.2 Å². The van der Waals surface area contributed by atoms with Gasteiger partial charge in [-0.3, -0.25) is 4.55 Å². The molecule has 0 spiro atoms. The summed E-state index contributed by atoms with van der Waals surface area (Å²) < 4.78 is 86.6. The van der Waals surface area contributed by atoms with Crippen molar-refractivity contribution in [1.82, 2.24) is 0 Å². The average Bonchev–Trinajstić information content (AvgIpc) is 2.55. The van der Waals surface area contributed by atoms with E-state index in [1.807, 2.05) is 0 Å². The Morgan fingerprint density at radius 1 is 0.808 bits per heavy atom. The van der Waals surface area contributed by atoms with Crippen LogP contribution in [0, 0.1) is 23.3 Å². The van der Waals surface area contributed by atoms with E-state index in [1.54, 1.807) is 0 Å². The second-order valence-electron chi connectivity index (χ2n) is 5.57. The highest BCUT2D eigenvalue weighted by atomic mass is 32.2. The number of aliphatic hydroxyl groups excluding tert-OH is 2. The molecule has 26 heavy (non-hydrogen) atoms. The average molecular weight is 420 g/mol. The van der Waals surface area contributed by atoms with Crippen LogP contribution in [0.15, 0.2) is 9.79 Å². The van der Waals surface area contributed by atoms with Gasteiger partial charge in [0.25, 0.3) is 0 Å². The molecule has 0 saturated heterocycles. The van der Waals surface area contributed by atoms with Crippen molar-refractivity contribution in [3.63, 3.8) is 0 Å². The lowest BCUT2D eigenvalue weighted by Crippen LogP contribution is -2.13. The molecule has 3 N–H and O–H groups in total. The second kappa shape index (κ2) is 10.5. The summed E-state index contributed by atoms with van der Waals surface area (Å²) in [7, 11) is -5.48. The summed E-state index contributed by atoms with van der Waals surface area (Å²) in [4.78, 5) is -3.07. The van der Waals surface area contributed by atoms with Gasteiger partial charge in [-0.15, -0.1) is 11.8 Å². The van der Waals surface area contributed by atoms with E-state index in [-0.39, 0.29) is 13.2 Å². The lowest BCUT2D eigenvalue weighted by Gasteiger charge is -2.18. The molecule has 0 fully saturated rings. The largest absolute Gasteiger partial charge is 0.396 e. The lowest BCUT2D eigenvalue weighted by molar-refractivity contribution is 0.279. The van der Waals surface area contributed by atoms with Gasteiger partial charge in [0.2, 0.25) is 0 Å². The fraction of sp³-hybridized carbons (Fsp3) is 0.600. The highest BCUT2D eigenvalue weighted by Crippen LogP contribution is 2.38. The Kier molecular flexibility index (Phi) is 9.31. The zero-order chi connectivity index (χ0) is 19.9. The van der Waals surface area contributed by atoms with E-state index in [0.29, 0.717) is 50.3 Å². The smallest absolute Gasteiger partial charge is 0.300 e. The highest BCUT2D eigenvalue weighted by Gasteiger charge is 2.33. The van der Waals surface area contributed by atoms with Gasteiger partial charge in [-0.2, -0.15) is 8.42 Å². The number of rotatable bonds is 11. The van der Waals surface area contributed by atoms with E-state index < -0.39 is 48.4 Å². The number of halogens is 4. The number of thioether (sulfide) groups is 1. The monoisotopic (exact) mass is 420 g/mol. The summed E-state index contributed by atoms with van der Waals surface area (Å²) in [6.07, 6.45) is 2.66. The van der Waals surface area contributed by atoms with Crippen LogP contribution in [0.4, 0.5) is 17.6 Å². The van der Waals surface area contributed by atoms with Gasteiger partial charge in [-0.05, 0) is 25.7 Å². The minimum absolute atomic E-state index is 0.0803. The van der Waals surface area contributed by atoms with Crippen LogP contribution in [0.25, 0.3) is 0 Å². The fourth-order valence-electron chi connectivity index (χ4n) is 2.32. The number of benzene rings is 1. The molecule has 0 amide bonds. The van der Waals surface area contributed by atoms with Gasteiger partial charge in [0.15, 0.2) is 28.2 Å². The van der Waals surface area contributed by atoms with Gasteiger partial charge in [-0.1, -0.05) is 12.8 Å². The molecule has 0 aliphatic heterocycles. The Hall–Kier alpha value is -0.880. The molecular formula is C15H20F4O5S2. The van der Waals surface area contributed by atoms with Crippen LogP contribution in [0.3, 0.4) is 0 Å². The van der Waals surface area contributed by atoms with E-state index in [4.69, 9.17) is 14.8 Å². The number of aliphatic hydroxyl groups is 2. The molecule has 0 heterocycles. The first kappa shape index (κ1) is 23.2. The van der Waals surface area contributed by atoms with E-state index >= 15 is 0 Å². The van der Waals surface area contributed by atoms with Crippen molar-refractivity contribution in [3.05, 3.63) is 23.3 Å². The molecule has 0 bridgehead atoms. The van der Waals surface area contributed by atoms with Crippen LogP contribution in [-0.2, 0) is 10.1 Å². The molecule has 0 aromatic heterocycles. The van der Waals surface area contributed by atoms with Gasteiger partial charge < -0.3 is 10.2 Å². The first-order valence-electron chi connectivity index (χ1n) is 7.86. The van der Waals surface area contributed by atoms with Crippen LogP contribution in [0.5, 0.6) is 0 Å². The predicted molar refractivity (Wildman–Crippen MR) is 87.6 cm³/mol. The minimum atomic E-state index is -5.48. The van der Waals surface area contributed by atoms with E-state index in [9.17, 15) is 26.0 Å². The Morgan fingerprint density at radius 2 is 1.23 bits per heavy atom. The molecular weight excluding hydrogens is 400 g/mol. The van der Waals surface area contributed by atoms with Crippen LogP contribution in [-0.4, -0.2) is 41.6 Å². The summed E-state index contributed by atoms with van der Waals surface area (Å²) >= 11 is 0.521. The Balaban J connectivity index is 3.18. The summed E-state index contributed by atoms with van der Waals surface area (Å²) in [5.41, 5.74) is 0. The van der Waals surface area contributed by atoms with Gasteiger partial charge in [0, 0.05) is 18.5 Å². The number of hydrogen-bond donors (Lipinski definition) is 3. The SMILES string of the molecule is O=S(=O)(O)c1c(F)c(F)c(SC(CCCCO)CCCCO)c(F)c1F. The van der Waals surface area contributed by atoms with Crippen molar-refractivity contribution < 1.29 is 40.7 Å². The standard InChI is InChI=1S/C15H20F4O5S2/c16-10-12(18)15(26(22,23)24)13(19)11(17)14(10)25-9(5-1-3-7-20)6-2-4-8-21/h9,20-21H,1-8H2,(H,22,23,24). The third-order valence-corrected chi connectivity index (χ3v) is 5.87. The highest BCUT2D eigenvalue weighted by molar-refractivity contribution is 8.00. The normalized spacial score (nSPS) is 12.2. The Bertz CT molecular complexity index is 673. The summed E-state index contributed by atoms with van der Waals surface area (Å²) in [6, 6.07) is 0.